The number of amides is 1. The molecule has 1 aromatic rings. The summed E-state index contributed by atoms with van der Waals surface area (Å²) < 4.78 is 0. The van der Waals surface area contributed by atoms with Crippen LogP contribution in [0.4, 0.5) is 0 Å². The quantitative estimate of drug-likeness (QED) is 0.758. The summed E-state index contributed by atoms with van der Waals surface area (Å²) in [4.78, 5) is 11.6. The average molecular weight is 291 g/mol. The van der Waals surface area contributed by atoms with Crippen molar-refractivity contribution in [2.45, 2.75) is 19.8 Å². The molecule has 1 amide bonds. The molecule has 18 heavy (non-hydrogen) atoms. The van der Waals surface area contributed by atoms with Crippen molar-refractivity contribution in [3.8, 4) is 0 Å². The van der Waals surface area contributed by atoms with Crippen LogP contribution in [0.15, 0.2) is 24.3 Å². The third-order valence-corrected chi connectivity index (χ3v) is 2.73. The molecule has 0 atom stereocenters. The lowest BCUT2D eigenvalue weighted by Gasteiger charge is -2.07. The van der Waals surface area contributed by atoms with Gasteiger partial charge in [-0.3, -0.25) is 4.79 Å². The first-order valence-electron chi connectivity index (χ1n) is 5.95. The minimum Gasteiger partial charge on any atom is -0.355 e. The first-order valence-corrected chi connectivity index (χ1v) is 6.32. The molecule has 0 aliphatic rings. The smallest absolute Gasteiger partial charge is 0.224 e. The zero-order valence-electron chi connectivity index (χ0n) is 10.5. The molecular weight excluding hydrogens is 271 g/mol. The standard InChI is InChI=1S/C13H19ClN2O.ClH/c1-2-7-15-8-9-16-13(17)10-11-5-3-4-6-12(11)14;/h3-6,15H,2,7-10H2,1H3,(H,16,17);1H. The maximum atomic E-state index is 11.6. The topological polar surface area (TPSA) is 41.1 Å². The Balaban J connectivity index is 0.00000289. The van der Waals surface area contributed by atoms with Crippen LogP contribution >= 0.6 is 24.0 Å². The van der Waals surface area contributed by atoms with E-state index in [1.54, 1.807) is 6.07 Å². The third kappa shape index (κ3) is 6.84. The fourth-order valence-electron chi connectivity index (χ4n) is 1.47. The van der Waals surface area contributed by atoms with E-state index in [-0.39, 0.29) is 18.3 Å². The van der Waals surface area contributed by atoms with Crippen LogP contribution in [0.3, 0.4) is 0 Å². The Bertz CT molecular complexity index is 359. The van der Waals surface area contributed by atoms with Gasteiger partial charge in [-0.05, 0) is 24.6 Å². The van der Waals surface area contributed by atoms with Gasteiger partial charge in [-0.2, -0.15) is 0 Å². The van der Waals surface area contributed by atoms with Gasteiger partial charge in [-0.25, -0.2) is 0 Å². The normalized spacial score (nSPS) is 9.67. The highest BCUT2D eigenvalue weighted by molar-refractivity contribution is 6.31. The van der Waals surface area contributed by atoms with Gasteiger partial charge in [-0.15, -0.1) is 12.4 Å². The van der Waals surface area contributed by atoms with Gasteiger partial charge in [0.1, 0.15) is 0 Å². The molecule has 0 radical (unpaired) electrons. The summed E-state index contributed by atoms with van der Waals surface area (Å²) in [6.07, 6.45) is 1.45. The second kappa shape index (κ2) is 10.2. The number of carbonyl (C=O) groups excluding carboxylic acids is 1. The molecule has 0 saturated carbocycles. The van der Waals surface area contributed by atoms with Gasteiger partial charge in [0.25, 0.3) is 0 Å². The molecule has 102 valence electrons. The van der Waals surface area contributed by atoms with Crippen LogP contribution in [0.2, 0.25) is 5.02 Å². The molecule has 0 heterocycles. The number of hydrogen-bond donors (Lipinski definition) is 2. The van der Waals surface area contributed by atoms with Crippen LogP contribution in [0.5, 0.6) is 0 Å². The lowest BCUT2D eigenvalue weighted by Crippen LogP contribution is -2.33. The fraction of sp³-hybridized carbons (Fsp3) is 0.462. The van der Waals surface area contributed by atoms with E-state index < -0.39 is 0 Å². The second-order valence-electron chi connectivity index (χ2n) is 3.87. The van der Waals surface area contributed by atoms with Crippen molar-refractivity contribution in [1.82, 2.24) is 10.6 Å². The second-order valence-corrected chi connectivity index (χ2v) is 4.28. The summed E-state index contributed by atoms with van der Waals surface area (Å²) >= 11 is 5.98. The number of carbonyl (C=O) groups is 1. The highest BCUT2D eigenvalue weighted by Crippen LogP contribution is 2.14. The van der Waals surface area contributed by atoms with Gasteiger partial charge in [0.05, 0.1) is 6.42 Å². The van der Waals surface area contributed by atoms with Crippen LogP contribution in [0, 0.1) is 0 Å². The Morgan fingerprint density at radius 2 is 1.94 bits per heavy atom. The molecule has 1 rings (SSSR count). The summed E-state index contributed by atoms with van der Waals surface area (Å²) in [7, 11) is 0. The van der Waals surface area contributed by atoms with E-state index in [0.717, 1.165) is 25.1 Å². The lowest BCUT2D eigenvalue weighted by atomic mass is 10.1. The molecule has 0 fully saturated rings. The first kappa shape index (κ1) is 17.2. The summed E-state index contributed by atoms with van der Waals surface area (Å²) in [6, 6.07) is 7.42. The van der Waals surface area contributed by atoms with Crippen molar-refractivity contribution in [2.24, 2.45) is 0 Å². The maximum absolute atomic E-state index is 11.6. The number of nitrogens with one attached hydrogen (secondary N) is 2. The maximum Gasteiger partial charge on any atom is 0.224 e. The third-order valence-electron chi connectivity index (χ3n) is 2.36. The van der Waals surface area contributed by atoms with Gasteiger partial charge in [0, 0.05) is 18.1 Å². The number of hydrogen-bond acceptors (Lipinski definition) is 2. The Hall–Kier alpha value is -0.770. The minimum absolute atomic E-state index is 0. The van der Waals surface area contributed by atoms with E-state index >= 15 is 0 Å². The van der Waals surface area contributed by atoms with E-state index in [2.05, 4.69) is 17.6 Å². The van der Waals surface area contributed by atoms with Gasteiger partial charge < -0.3 is 10.6 Å². The number of rotatable bonds is 7. The SMILES string of the molecule is CCCNCCNC(=O)Cc1ccccc1Cl.Cl. The van der Waals surface area contributed by atoms with Gasteiger partial charge in [-0.1, -0.05) is 36.7 Å². The van der Waals surface area contributed by atoms with Gasteiger partial charge >= 0.3 is 0 Å². The molecule has 3 nitrogen and oxygen atoms in total. The predicted molar refractivity (Wildman–Crippen MR) is 78.6 cm³/mol. The Kier molecular flexibility index (Phi) is 9.74. The Morgan fingerprint density at radius 1 is 1.22 bits per heavy atom. The average Bonchev–Trinajstić information content (AvgIpc) is 2.32. The van der Waals surface area contributed by atoms with Gasteiger partial charge in [0.2, 0.25) is 5.91 Å². The summed E-state index contributed by atoms with van der Waals surface area (Å²) in [5, 5.41) is 6.73. The van der Waals surface area contributed by atoms with Crippen molar-refractivity contribution < 1.29 is 4.79 Å². The van der Waals surface area contributed by atoms with E-state index in [0.29, 0.717) is 18.0 Å². The summed E-state index contributed by atoms with van der Waals surface area (Å²) in [5.41, 5.74) is 0.869. The molecule has 0 aliphatic heterocycles. The van der Waals surface area contributed by atoms with Crippen LogP contribution in [-0.2, 0) is 11.2 Å². The number of halogens is 2. The van der Waals surface area contributed by atoms with Crippen LogP contribution in [0.1, 0.15) is 18.9 Å². The molecule has 0 spiro atoms. The minimum atomic E-state index is 0. The van der Waals surface area contributed by atoms with E-state index in [1.807, 2.05) is 18.2 Å². The molecule has 0 unspecified atom stereocenters. The monoisotopic (exact) mass is 290 g/mol. The predicted octanol–water partition coefficient (Wildman–Crippen LogP) is 2.42. The van der Waals surface area contributed by atoms with E-state index in [4.69, 9.17) is 11.6 Å². The molecule has 5 heteroatoms. The largest absolute Gasteiger partial charge is 0.355 e. The van der Waals surface area contributed by atoms with Crippen LogP contribution in [0.25, 0.3) is 0 Å². The molecule has 0 aromatic heterocycles. The molecule has 2 N–H and O–H groups in total. The van der Waals surface area contributed by atoms with E-state index in [1.165, 1.54) is 0 Å². The fourth-order valence-corrected chi connectivity index (χ4v) is 1.67. The van der Waals surface area contributed by atoms with Gasteiger partial charge in [0.15, 0.2) is 0 Å². The summed E-state index contributed by atoms with van der Waals surface area (Å²) in [5.74, 6) is 0.0106. The molecule has 1 aromatic carbocycles. The van der Waals surface area contributed by atoms with E-state index in [9.17, 15) is 4.79 Å². The lowest BCUT2D eigenvalue weighted by molar-refractivity contribution is -0.120. The number of benzene rings is 1. The molecular formula is C13H20Cl2N2O. The Morgan fingerprint density at radius 3 is 2.61 bits per heavy atom. The Labute approximate surface area is 120 Å². The van der Waals surface area contributed by atoms with Crippen LogP contribution in [-0.4, -0.2) is 25.5 Å². The zero-order valence-corrected chi connectivity index (χ0v) is 12.1. The van der Waals surface area contributed by atoms with Crippen molar-refractivity contribution >= 4 is 29.9 Å². The van der Waals surface area contributed by atoms with Crippen molar-refractivity contribution in [1.29, 1.82) is 0 Å². The van der Waals surface area contributed by atoms with Crippen molar-refractivity contribution in [2.75, 3.05) is 19.6 Å². The van der Waals surface area contributed by atoms with Crippen molar-refractivity contribution in [3.05, 3.63) is 34.9 Å². The first-order chi connectivity index (χ1) is 8.24. The molecule has 0 saturated heterocycles. The molecule has 0 aliphatic carbocycles. The molecule has 0 bridgehead atoms. The highest BCUT2D eigenvalue weighted by atomic mass is 35.5. The zero-order chi connectivity index (χ0) is 12.5. The van der Waals surface area contributed by atoms with Crippen molar-refractivity contribution in [3.63, 3.8) is 0 Å². The summed E-state index contributed by atoms with van der Waals surface area (Å²) in [6.45, 7) is 4.56. The van der Waals surface area contributed by atoms with Crippen LogP contribution < -0.4 is 10.6 Å². The highest BCUT2D eigenvalue weighted by Gasteiger charge is 2.05.